The number of imidazole rings is 1. The normalized spacial score (nSPS) is 17.4. The number of para-hydroxylation sites is 2. The SMILES string of the molecule is CC(C(=O)N1CCOCC1)n1c(N)nc2ccccc21. The number of amides is 1. The smallest absolute Gasteiger partial charge is 0.245 e. The van der Waals surface area contributed by atoms with Gasteiger partial charge in [0.2, 0.25) is 11.9 Å². The number of nitrogen functional groups attached to an aromatic ring is 1. The van der Waals surface area contributed by atoms with Crippen LogP contribution in [0.4, 0.5) is 5.95 Å². The highest BCUT2D eigenvalue weighted by atomic mass is 16.5. The van der Waals surface area contributed by atoms with E-state index in [-0.39, 0.29) is 11.9 Å². The lowest BCUT2D eigenvalue weighted by molar-refractivity contribution is -0.138. The summed E-state index contributed by atoms with van der Waals surface area (Å²) in [6, 6.07) is 7.30. The van der Waals surface area contributed by atoms with Crippen LogP contribution in [0.1, 0.15) is 13.0 Å². The van der Waals surface area contributed by atoms with E-state index in [1.54, 1.807) is 4.57 Å². The Hall–Kier alpha value is -2.08. The summed E-state index contributed by atoms with van der Waals surface area (Å²) in [7, 11) is 0. The zero-order valence-corrected chi connectivity index (χ0v) is 11.5. The van der Waals surface area contributed by atoms with Crippen molar-refractivity contribution in [3.63, 3.8) is 0 Å². The Morgan fingerprint density at radius 3 is 2.80 bits per heavy atom. The molecule has 1 aromatic carbocycles. The zero-order chi connectivity index (χ0) is 14.1. The van der Waals surface area contributed by atoms with Gasteiger partial charge in [0.1, 0.15) is 6.04 Å². The number of nitrogens with two attached hydrogens (primary N) is 1. The molecule has 106 valence electrons. The van der Waals surface area contributed by atoms with Crippen LogP contribution in [0.2, 0.25) is 0 Å². The summed E-state index contributed by atoms with van der Waals surface area (Å²) in [4.78, 5) is 18.7. The van der Waals surface area contributed by atoms with Crippen LogP contribution in [-0.4, -0.2) is 46.7 Å². The highest BCUT2D eigenvalue weighted by Gasteiger charge is 2.26. The second kappa shape index (κ2) is 5.13. The molecule has 0 spiro atoms. The molecule has 6 heteroatoms. The summed E-state index contributed by atoms with van der Waals surface area (Å²) in [6.45, 7) is 4.32. The summed E-state index contributed by atoms with van der Waals surface area (Å²) in [5.41, 5.74) is 7.68. The Morgan fingerprint density at radius 1 is 1.35 bits per heavy atom. The average molecular weight is 274 g/mol. The van der Waals surface area contributed by atoms with E-state index in [4.69, 9.17) is 10.5 Å². The van der Waals surface area contributed by atoms with Crippen molar-refractivity contribution in [1.82, 2.24) is 14.5 Å². The molecule has 2 heterocycles. The van der Waals surface area contributed by atoms with Crippen molar-refractivity contribution in [3.05, 3.63) is 24.3 Å². The van der Waals surface area contributed by atoms with Crippen molar-refractivity contribution in [1.29, 1.82) is 0 Å². The number of carbonyl (C=O) groups excluding carboxylic acids is 1. The predicted octanol–water partition coefficient (Wildman–Crippen LogP) is 1.04. The summed E-state index contributed by atoms with van der Waals surface area (Å²) < 4.78 is 7.08. The first-order valence-corrected chi connectivity index (χ1v) is 6.77. The Kier molecular flexibility index (Phi) is 3.31. The molecule has 2 N–H and O–H groups in total. The fourth-order valence-corrected chi connectivity index (χ4v) is 2.63. The molecule has 2 aromatic rings. The average Bonchev–Trinajstić information content (AvgIpc) is 2.82. The number of rotatable bonds is 2. The van der Waals surface area contributed by atoms with E-state index in [0.29, 0.717) is 32.3 Å². The van der Waals surface area contributed by atoms with Crippen LogP contribution < -0.4 is 5.73 Å². The number of carbonyl (C=O) groups is 1. The van der Waals surface area contributed by atoms with Crippen LogP contribution in [0.3, 0.4) is 0 Å². The maximum Gasteiger partial charge on any atom is 0.245 e. The second-order valence-corrected chi connectivity index (χ2v) is 4.94. The van der Waals surface area contributed by atoms with Gasteiger partial charge in [-0.3, -0.25) is 9.36 Å². The molecule has 0 aliphatic carbocycles. The van der Waals surface area contributed by atoms with Gasteiger partial charge in [0.05, 0.1) is 24.2 Å². The number of aromatic nitrogens is 2. The summed E-state index contributed by atoms with van der Waals surface area (Å²) in [5.74, 6) is 0.434. The quantitative estimate of drug-likeness (QED) is 0.888. The summed E-state index contributed by atoms with van der Waals surface area (Å²) in [5, 5.41) is 0. The molecule has 0 bridgehead atoms. The number of ether oxygens (including phenoxy) is 1. The maximum absolute atomic E-state index is 12.6. The van der Waals surface area contributed by atoms with Gasteiger partial charge in [0.15, 0.2) is 0 Å². The topological polar surface area (TPSA) is 73.4 Å². The molecule has 1 unspecified atom stereocenters. The molecule has 1 aliphatic heterocycles. The minimum Gasteiger partial charge on any atom is -0.378 e. The van der Waals surface area contributed by atoms with Gasteiger partial charge in [0, 0.05) is 13.1 Å². The lowest BCUT2D eigenvalue weighted by atomic mass is 10.2. The number of benzene rings is 1. The molecule has 0 saturated carbocycles. The van der Waals surface area contributed by atoms with Gasteiger partial charge in [-0.25, -0.2) is 4.98 Å². The molecule has 1 saturated heterocycles. The van der Waals surface area contributed by atoms with E-state index in [2.05, 4.69) is 4.98 Å². The minimum atomic E-state index is -0.361. The standard InChI is InChI=1S/C14H18N4O2/c1-10(13(19)17-6-8-20-9-7-17)18-12-5-3-2-4-11(12)16-14(18)15/h2-5,10H,6-9H2,1H3,(H2,15,16). The van der Waals surface area contributed by atoms with Crippen molar-refractivity contribution < 1.29 is 9.53 Å². The number of nitrogens with zero attached hydrogens (tertiary/aromatic N) is 3. The number of morpholine rings is 1. The van der Waals surface area contributed by atoms with Crippen LogP contribution >= 0.6 is 0 Å². The first-order chi connectivity index (χ1) is 9.68. The highest BCUT2D eigenvalue weighted by molar-refractivity contribution is 5.85. The minimum absolute atomic E-state index is 0.0585. The fourth-order valence-electron chi connectivity index (χ4n) is 2.63. The summed E-state index contributed by atoms with van der Waals surface area (Å²) in [6.07, 6.45) is 0. The van der Waals surface area contributed by atoms with Crippen LogP contribution in [-0.2, 0) is 9.53 Å². The molecule has 20 heavy (non-hydrogen) atoms. The fraction of sp³-hybridized carbons (Fsp3) is 0.429. The number of anilines is 1. The van der Waals surface area contributed by atoms with Crippen LogP contribution in [0.5, 0.6) is 0 Å². The third kappa shape index (κ3) is 2.12. The van der Waals surface area contributed by atoms with E-state index in [0.717, 1.165) is 11.0 Å². The first-order valence-electron chi connectivity index (χ1n) is 6.77. The van der Waals surface area contributed by atoms with Crippen molar-refractivity contribution in [2.75, 3.05) is 32.0 Å². The van der Waals surface area contributed by atoms with Gasteiger partial charge < -0.3 is 15.4 Å². The Balaban J connectivity index is 1.93. The van der Waals surface area contributed by atoms with Gasteiger partial charge in [-0.15, -0.1) is 0 Å². The van der Waals surface area contributed by atoms with E-state index >= 15 is 0 Å². The van der Waals surface area contributed by atoms with Crippen LogP contribution in [0.15, 0.2) is 24.3 Å². The molecule has 1 amide bonds. The lowest BCUT2D eigenvalue weighted by Crippen LogP contribution is -2.43. The zero-order valence-electron chi connectivity index (χ0n) is 11.5. The third-order valence-corrected chi connectivity index (χ3v) is 3.69. The molecule has 3 rings (SSSR count). The molecule has 1 aromatic heterocycles. The first kappa shape index (κ1) is 12.9. The van der Waals surface area contributed by atoms with Crippen molar-refractivity contribution >= 4 is 22.9 Å². The van der Waals surface area contributed by atoms with Gasteiger partial charge in [-0.2, -0.15) is 0 Å². The number of fused-ring (bicyclic) bond motifs is 1. The molecule has 1 fully saturated rings. The lowest BCUT2D eigenvalue weighted by Gasteiger charge is -2.30. The van der Waals surface area contributed by atoms with Gasteiger partial charge in [-0.05, 0) is 19.1 Å². The number of hydrogen-bond acceptors (Lipinski definition) is 4. The molecular formula is C14H18N4O2. The monoisotopic (exact) mass is 274 g/mol. The van der Waals surface area contributed by atoms with Gasteiger partial charge >= 0.3 is 0 Å². The van der Waals surface area contributed by atoms with Crippen molar-refractivity contribution in [2.45, 2.75) is 13.0 Å². The van der Waals surface area contributed by atoms with E-state index in [1.165, 1.54) is 0 Å². The molecular weight excluding hydrogens is 256 g/mol. The largest absolute Gasteiger partial charge is 0.378 e. The van der Waals surface area contributed by atoms with E-state index < -0.39 is 0 Å². The molecule has 1 atom stereocenters. The van der Waals surface area contributed by atoms with E-state index in [9.17, 15) is 4.79 Å². The molecule has 6 nitrogen and oxygen atoms in total. The Bertz CT molecular complexity index is 631. The Labute approximate surface area is 117 Å². The van der Waals surface area contributed by atoms with E-state index in [1.807, 2.05) is 36.1 Å². The van der Waals surface area contributed by atoms with Crippen LogP contribution in [0.25, 0.3) is 11.0 Å². The van der Waals surface area contributed by atoms with Crippen molar-refractivity contribution in [3.8, 4) is 0 Å². The maximum atomic E-state index is 12.6. The number of hydrogen-bond donors (Lipinski definition) is 1. The Morgan fingerprint density at radius 2 is 2.05 bits per heavy atom. The second-order valence-electron chi connectivity index (χ2n) is 4.94. The van der Waals surface area contributed by atoms with Gasteiger partial charge in [-0.1, -0.05) is 12.1 Å². The third-order valence-electron chi connectivity index (χ3n) is 3.69. The van der Waals surface area contributed by atoms with Crippen LogP contribution in [0, 0.1) is 0 Å². The molecule has 0 radical (unpaired) electrons. The highest BCUT2D eigenvalue weighted by Crippen LogP contribution is 2.24. The molecule has 1 aliphatic rings. The van der Waals surface area contributed by atoms with Gasteiger partial charge in [0.25, 0.3) is 0 Å². The summed E-state index contributed by atoms with van der Waals surface area (Å²) >= 11 is 0. The van der Waals surface area contributed by atoms with Crippen molar-refractivity contribution in [2.24, 2.45) is 0 Å². The predicted molar refractivity (Wildman–Crippen MR) is 76.3 cm³/mol.